The van der Waals surface area contributed by atoms with E-state index < -0.39 is 6.10 Å². The molecule has 0 aromatic carbocycles. The van der Waals surface area contributed by atoms with Crippen LogP contribution in [0.25, 0.3) is 0 Å². The first-order valence-electron chi connectivity index (χ1n) is 4.94. The van der Waals surface area contributed by atoms with Crippen molar-refractivity contribution in [3.63, 3.8) is 0 Å². The molecular weight excluding hydrogens is 184 g/mol. The molecule has 0 aromatic heterocycles. The molecule has 0 saturated carbocycles. The molecule has 0 radical (unpaired) electrons. The second-order valence-electron chi connectivity index (χ2n) is 3.68. The van der Waals surface area contributed by atoms with Crippen molar-refractivity contribution in [1.29, 1.82) is 0 Å². The van der Waals surface area contributed by atoms with Crippen molar-refractivity contribution >= 4 is 11.9 Å². The third-order valence-electron chi connectivity index (χ3n) is 2.49. The lowest BCUT2D eigenvalue weighted by Crippen LogP contribution is -2.27. The molecule has 1 rings (SSSR count). The zero-order valence-corrected chi connectivity index (χ0v) is 8.78. The summed E-state index contributed by atoms with van der Waals surface area (Å²) < 4.78 is 10.0. The van der Waals surface area contributed by atoms with Crippen LogP contribution in [-0.2, 0) is 19.1 Å². The Morgan fingerprint density at radius 3 is 2.79 bits per heavy atom. The third kappa shape index (κ3) is 2.47. The molecular formula is C10H16O4. The van der Waals surface area contributed by atoms with Crippen molar-refractivity contribution in [2.45, 2.75) is 45.8 Å². The van der Waals surface area contributed by atoms with Crippen LogP contribution >= 0.6 is 0 Å². The Kier molecular flexibility index (Phi) is 3.49. The number of ether oxygens (including phenoxy) is 2. The van der Waals surface area contributed by atoms with E-state index >= 15 is 0 Å². The molecule has 0 N–H and O–H groups in total. The maximum Gasteiger partial charge on any atom is 0.310 e. The number of carbonyl (C=O) groups excluding carboxylic acids is 2. The molecule has 0 bridgehead atoms. The lowest BCUT2D eigenvalue weighted by Gasteiger charge is -2.16. The van der Waals surface area contributed by atoms with E-state index in [2.05, 4.69) is 0 Å². The Morgan fingerprint density at radius 2 is 2.36 bits per heavy atom. The highest BCUT2D eigenvalue weighted by Crippen LogP contribution is 2.19. The largest absolute Gasteiger partial charge is 0.459 e. The molecule has 3 atom stereocenters. The van der Waals surface area contributed by atoms with Crippen LogP contribution in [0.3, 0.4) is 0 Å². The van der Waals surface area contributed by atoms with Gasteiger partial charge in [-0.1, -0.05) is 13.8 Å². The van der Waals surface area contributed by atoms with Crippen LogP contribution < -0.4 is 0 Å². The first-order chi connectivity index (χ1) is 6.54. The van der Waals surface area contributed by atoms with Gasteiger partial charge in [-0.2, -0.15) is 0 Å². The molecule has 1 aliphatic heterocycles. The number of esters is 2. The summed E-state index contributed by atoms with van der Waals surface area (Å²) in [5.41, 5.74) is 0. The number of rotatable bonds is 3. The summed E-state index contributed by atoms with van der Waals surface area (Å²) in [5.74, 6) is -0.653. The fourth-order valence-electron chi connectivity index (χ4n) is 1.23. The van der Waals surface area contributed by atoms with Gasteiger partial charge >= 0.3 is 11.9 Å². The van der Waals surface area contributed by atoms with E-state index in [1.807, 2.05) is 13.8 Å². The molecule has 4 nitrogen and oxygen atoms in total. The molecule has 3 unspecified atom stereocenters. The zero-order chi connectivity index (χ0) is 10.7. The van der Waals surface area contributed by atoms with Crippen LogP contribution in [-0.4, -0.2) is 24.1 Å². The molecule has 1 heterocycles. The molecule has 80 valence electrons. The summed E-state index contributed by atoms with van der Waals surface area (Å²) in [6, 6.07) is 0. The predicted octanol–water partition coefficient (Wildman–Crippen LogP) is 1.28. The van der Waals surface area contributed by atoms with Crippen molar-refractivity contribution in [2.24, 2.45) is 5.92 Å². The predicted molar refractivity (Wildman–Crippen MR) is 49.5 cm³/mol. The highest BCUT2D eigenvalue weighted by atomic mass is 16.6. The van der Waals surface area contributed by atoms with Gasteiger partial charge in [0.2, 0.25) is 0 Å². The van der Waals surface area contributed by atoms with Gasteiger partial charge in [-0.15, -0.1) is 0 Å². The minimum Gasteiger partial charge on any atom is -0.459 e. The number of carbonyl (C=O) groups is 2. The summed E-state index contributed by atoms with van der Waals surface area (Å²) >= 11 is 0. The van der Waals surface area contributed by atoms with Gasteiger partial charge in [0.25, 0.3) is 0 Å². The Hall–Kier alpha value is -1.06. The van der Waals surface area contributed by atoms with Gasteiger partial charge in [-0.05, 0) is 13.3 Å². The minimum absolute atomic E-state index is 0.113. The summed E-state index contributed by atoms with van der Waals surface area (Å²) in [5, 5.41) is 0. The number of hydrogen-bond donors (Lipinski definition) is 0. The van der Waals surface area contributed by atoms with E-state index in [-0.39, 0.29) is 30.4 Å². The lowest BCUT2D eigenvalue weighted by molar-refractivity contribution is -0.156. The molecule has 0 amide bonds. The average Bonchev–Trinajstić information content (AvgIpc) is 2.44. The topological polar surface area (TPSA) is 52.6 Å². The third-order valence-corrected chi connectivity index (χ3v) is 2.49. The highest BCUT2D eigenvalue weighted by Gasteiger charge is 2.35. The summed E-state index contributed by atoms with van der Waals surface area (Å²) in [4.78, 5) is 22.3. The quantitative estimate of drug-likeness (QED) is 0.644. The molecule has 0 spiro atoms. The Labute approximate surface area is 83.6 Å². The van der Waals surface area contributed by atoms with Crippen LogP contribution in [0.15, 0.2) is 0 Å². The van der Waals surface area contributed by atoms with Crippen molar-refractivity contribution < 1.29 is 19.1 Å². The van der Waals surface area contributed by atoms with E-state index in [4.69, 9.17) is 9.47 Å². The molecule has 0 aliphatic carbocycles. The molecule has 1 saturated heterocycles. The van der Waals surface area contributed by atoms with E-state index in [1.54, 1.807) is 6.92 Å². The van der Waals surface area contributed by atoms with E-state index in [9.17, 15) is 9.59 Å². The first kappa shape index (κ1) is 11.0. The Morgan fingerprint density at radius 1 is 1.71 bits per heavy atom. The molecule has 1 fully saturated rings. The second-order valence-corrected chi connectivity index (χ2v) is 3.68. The van der Waals surface area contributed by atoms with Crippen LogP contribution in [0, 0.1) is 5.92 Å². The maximum atomic E-state index is 11.4. The second kappa shape index (κ2) is 4.44. The van der Waals surface area contributed by atoms with Crippen LogP contribution in [0.2, 0.25) is 0 Å². The van der Waals surface area contributed by atoms with E-state index in [0.717, 1.165) is 6.42 Å². The average molecular weight is 200 g/mol. The number of hydrogen-bond acceptors (Lipinski definition) is 4. The molecule has 0 aromatic rings. The van der Waals surface area contributed by atoms with Crippen molar-refractivity contribution in [2.75, 3.05) is 0 Å². The highest BCUT2D eigenvalue weighted by molar-refractivity contribution is 5.75. The Bertz CT molecular complexity index is 236. The number of cyclic esters (lactones) is 1. The first-order valence-corrected chi connectivity index (χ1v) is 4.94. The van der Waals surface area contributed by atoms with E-state index in [1.165, 1.54) is 0 Å². The fourth-order valence-corrected chi connectivity index (χ4v) is 1.23. The SMILES string of the molecule is CCC(C)C(=O)OC1CC(=O)OC1C. The van der Waals surface area contributed by atoms with Crippen LogP contribution in [0.4, 0.5) is 0 Å². The van der Waals surface area contributed by atoms with Gasteiger partial charge in [-0.25, -0.2) is 0 Å². The summed E-state index contributed by atoms with van der Waals surface area (Å²) in [6.45, 7) is 5.47. The fraction of sp³-hybridized carbons (Fsp3) is 0.800. The zero-order valence-electron chi connectivity index (χ0n) is 8.78. The van der Waals surface area contributed by atoms with Gasteiger partial charge in [0, 0.05) is 0 Å². The smallest absolute Gasteiger partial charge is 0.310 e. The maximum absolute atomic E-state index is 11.4. The van der Waals surface area contributed by atoms with E-state index in [0.29, 0.717) is 0 Å². The summed E-state index contributed by atoms with van der Waals surface area (Å²) in [7, 11) is 0. The van der Waals surface area contributed by atoms with Crippen LogP contribution in [0.5, 0.6) is 0 Å². The van der Waals surface area contributed by atoms with Crippen molar-refractivity contribution in [1.82, 2.24) is 0 Å². The van der Waals surface area contributed by atoms with Gasteiger partial charge in [0.1, 0.15) is 12.2 Å². The van der Waals surface area contributed by atoms with Gasteiger partial charge < -0.3 is 9.47 Å². The van der Waals surface area contributed by atoms with Gasteiger partial charge in [-0.3, -0.25) is 9.59 Å². The van der Waals surface area contributed by atoms with Crippen molar-refractivity contribution in [3.8, 4) is 0 Å². The summed E-state index contributed by atoms with van der Waals surface area (Å²) in [6.07, 6.45) is 0.220. The lowest BCUT2D eigenvalue weighted by atomic mass is 10.1. The van der Waals surface area contributed by atoms with Gasteiger partial charge in [0.05, 0.1) is 12.3 Å². The monoisotopic (exact) mass is 200 g/mol. The standard InChI is InChI=1S/C10H16O4/c1-4-6(2)10(12)14-8-5-9(11)13-7(8)3/h6-8H,4-5H2,1-3H3. The molecule has 14 heavy (non-hydrogen) atoms. The Balaban J connectivity index is 2.44. The minimum atomic E-state index is -0.399. The van der Waals surface area contributed by atoms with Gasteiger partial charge in [0.15, 0.2) is 0 Å². The van der Waals surface area contributed by atoms with Crippen molar-refractivity contribution in [3.05, 3.63) is 0 Å². The normalized spacial score (nSPS) is 28.4. The molecule has 1 aliphatic rings. The molecule has 4 heteroatoms. The van der Waals surface area contributed by atoms with Crippen LogP contribution in [0.1, 0.15) is 33.6 Å².